The molecule has 2 aromatic rings. The number of aromatic nitrogens is 2. The molecule has 0 aliphatic heterocycles. The molecule has 0 atom stereocenters. The zero-order valence-electron chi connectivity index (χ0n) is 11.1. The van der Waals surface area contributed by atoms with Crippen molar-refractivity contribution in [2.75, 3.05) is 19.0 Å². The molecule has 20 heavy (non-hydrogen) atoms. The number of aryl methyl sites for hydroxylation is 1. The van der Waals surface area contributed by atoms with E-state index in [1.54, 1.807) is 18.5 Å². The topological polar surface area (TPSA) is 93.1 Å². The number of anilines is 1. The van der Waals surface area contributed by atoms with Crippen LogP contribution in [0.3, 0.4) is 0 Å². The summed E-state index contributed by atoms with van der Waals surface area (Å²) in [6, 6.07) is 4.63. The van der Waals surface area contributed by atoms with E-state index in [4.69, 9.17) is 4.74 Å². The van der Waals surface area contributed by atoms with E-state index in [-0.39, 0.29) is 5.69 Å². The van der Waals surface area contributed by atoms with Gasteiger partial charge in [-0.2, -0.15) is 0 Å². The Balaban J connectivity index is 1.91. The molecule has 2 rings (SSSR count). The number of nitrogens with one attached hydrogen (secondary N) is 2. The maximum atomic E-state index is 10.8. The van der Waals surface area contributed by atoms with Gasteiger partial charge >= 0.3 is 0 Å². The first-order chi connectivity index (χ1) is 9.69. The first-order valence-electron chi connectivity index (χ1n) is 6.24. The molecule has 0 saturated carbocycles. The standard InChI is InChI=1S/C13H16N4O3/c1-20-12-8-10(7-11(9-12)17(18)19)14-4-2-3-13-15-5-6-16-13/h5-9,14H,2-4H2,1H3,(H,15,16). The Morgan fingerprint density at radius 3 is 2.95 bits per heavy atom. The molecule has 0 radical (unpaired) electrons. The van der Waals surface area contributed by atoms with Crippen LogP contribution in [0.15, 0.2) is 30.6 Å². The molecule has 0 aliphatic carbocycles. The number of non-ortho nitro benzene ring substituents is 1. The van der Waals surface area contributed by atoms with Crippen LogP contribution in [0.1, 0.15) is 12.2 Å². The van der Waals surface area contributed by atoms with Gasteiger partial charge in [0.15, 0.2) is 0 Å². The van der Waals surface area contributed by atoms with Crippen LogP contribution in [0.4, 0.5) is 11.4 Å². The Bertz CT molecular complexity index is 569. The number of H-pyrrole nitrogens is 1. The Morgan fingerprint density at radius 2 is 2.30 bits per heavy atom. The van der Waals surface area contributed by atoms with Crippen LogP contribution < -0.4 is 10.1 Å². The van der Waals surface area contributed by atoms with Crippen LogP contribution in [-0.2, 0) is 6.42 Å². The summed E-state index contributed by atoms with van der Waals surface area (Å²) in [5.74, 6) is 1.40. The summed E-state index contributed by atoms with van der Waals surface area (Å²) in [7, 11) is 1.49. The second-order valence-electron chi connectivity index (χ2n) is 4.24. The van der Waals surface area contributed by atoms with Crippen LogP contribution in [0.5, 0.6) is 5.75 Å². The minimum absolute atomic E-state index is 0.0119. The summed E-state index contributed by atoms with van der Waals surface area (Å²) >= 11 is 0. The normalized spacial score (nSPS) is 10.2. The lowest BCUT2D eigenvalue weighted by Crippen LogP contribution is -2.04. The molecule has 1 aromatic heterocycles. The van der Waals surface area contributed by atoms with Crippen molar-refractivity contribution >= 4 is 11.4 Å². The van der Waals surface area contributed by atoms with E-state index >= 15 is 0 Å². The highest BCUT2D eigenvalue weighted by molar-refractivity contribution is 5.56. The number of imidazole rings is 1. The lowest BCUT2D eigenvalue weighted by atomic mass is 10.2. The predicted molar refractivity (Wildman–Crippen MR) is 75.0 cm³/mol. The summed E-state index contributed by atoms with van der Waals surface area (Å²) in [6.07, 6.45) is 5.20. The minimum atomic E-state index is -0.434. The third-order valence-electron chi connectivity index (χ3n) is 2.81. The number of hydrogen-bond donors (Lipinski definition) is 2. The van der Waals surface area contributed by atoms with Crippen molar-refractivity contribution in [3.05, 3.63) is 46.5 Å². The van der Waals surface area contributed by atoms with Crippen molar-refractivity contribution in [1.82, 2.24) is 9.97 Å². The second-order valence-corrected chi connectivity index (χ2v) is 4.24. The Labute approximate surface area is 116 Å². The van der Waals surface area contributed by atoms with Crippen LogP contribution in [0.25, 0.3) is 0 Å². The molecule has 0 amide bonds. The number of nitrogens with zero attached hydrogens (tertiary/aromatic N) is 2. The number of rotatable bonds is 7. The van der Waals surface area contributed by atoms with Crippen molar-refractivity contribution in [3.63, 3.8) is 0 Å². The maximum Gasteiger partial charge on any atom is 0.275 e. The van der Waals surface area contributed by atoms with Gasteiger partial charge in [-0.1, -0.05) is 0 Å². The second kappa shape index (κ2) is 6.55. The third kappa shape index (κ3) is 3.71. The predicted octanol–water partition coefficient (Wildman–Crippen LogP) is 2.37. The molecule has 1 aromatic carbocycles. The summed E-state index contributed by atoms with van der Waals surface area (Å²) in [5, 5.41) is 14.0. The summed E-state index contributed by atoms with van der Waals surface area (Å²) in [6.45, 7) is 0.699. The summed E-state index contributed by atoms with van der Waals surface area (Å²) < 4.78 is 5.05. The van der Waals surface area contributed by atoms with Crippen LogP contribution in [-0.4, -0.2) is 28.5 Å². The van der Waals surface area contributed by atoms with Gasteiger partial charge in [-0.25, -0.2) is 4.98 Å². The van der Waals surface area contributed by atoms with E-state index in [9.17, 15) is 10.1 Å². The molecule has 0 spiro atoms. The fraction of sp³-hybridized carbons (Fsp3) is 0.308. The molecular weight excluding hydrogens is 260 g/mol. The van der Waals surface area contributed by atoms with E-state index in [1.807, 2.05) is 0 Å². The molecule has 106 valence electrons. The molecule has 0 fully saturated rings. The number of methoxy groups -OCH3 is 1. The number of benzene rings is 1. The first kappa shape index (κ1) is 13.9. The van der Waals surface area contributed by atoms with Gasteiger partial charge < -0.3 is 15.0 Å². The highest BCUT2D eigenvalue weighted by Crippen LogP contribution is 2.25. The zero-order chi connectivity index (χ0) is 14.4. The van der Waals surface area contributed by atoms with Crippen molar-refractivity contribution in [3.8, 4) is 5.75 Å². The van der Waals surface area contributed by atoms with E-state index in [0.717, 1.165) is 18.7 Å². The smallest absolute Gasteiger partial charge is 0.275 e. The van der Waals surface area contributed by atoms with Crippen molar-refractivity contribution in [2.45, 2.75) is 12.8 Å². The van der Waals surface area contributed by atoms with Crippen molar-refractivity contribution < 1.29 is 9.66 Å². The largest absolute Gasteiger partial charge is 0.496 e. The van der Waals surface area contributed by atoms with Gasteiger partial charge in [-0.05, 0) is 6.42 Å². The highest BCUT2D eigenvalue weighted by Gasteiger charge is 2.09. The summed E-state index contributed by atoms with van der Waals surface area (Å²) in [5.41, 5.74) is 0.688. The molecule has 7 nitrogen and oxygen atoms in total. The van der Waals surface area contributed by atoms with Gasteiger partial charge in [0, 0.05) is 43.2 Å². The van der Waals surface area contributed by atoms with E-state index < -0.39 is 4.92 Å². The van der Waals surface area contributed by atoms with E-state index in [2.05, 4.69) is 15.3 Å². The number of nitro groups is 1. The van der Waals surface area contributed by atoms with Crippen LogP contribution in [0, 0.1) is 10.1 Å². The van der Waals surface area contributed by atoms with Gasteiger partial charge in [0.05, 0.1) is 18.1 Å². The van der Waals surface area contributed by atoms with Crippen LogP contribution >= 0.6 is 0 Å². The Morgan fingerprint density at radius 1 is 1.45 bits per heavy atom. The molecule has 0 aliphatic rings. The molecule has 2 N–H and O–H groups in total. The lowest BCUT2D eigenvalue weighted by molar-refractivity contribution is -0.384. The van der Waals surface area contributed by atoms with Crippen LogP contribution in [0.2, 0.25) is 0 Å². The molecule has 0 unspecified atom stereocenters. The van der Waals surface area contributed by atoms with E-state index in [1.165, 1.54) is 19.2 Å². The average molecular weight is 276 g/mol. The van der Waals surface area contributed by atoms with Gasteiger partial charge in [0.2, 0.25) is 0 Å². The lowest BCUT2D eigenvalue weighted by Gasteiger charge is -2.08. The van der Waals surface area contributed by atoms with Crippen molar-refractivity contribution in [2.24, 2.45) is 0 Å². The maximum absolute atomic E-state index is 10.8. The van der Waals surface area contributed by atoms with Crippen molar-refractivity contribution in [1.29, 1.82) is 0 Å². The monoisotopic (exact) mass is 276 g/mol. The van der Waals surface area contributed by atoms with Gasteiger partial charge in [0.25, 0.3) is 5.69 Å². The third-order valence-corrected chi connectivity index (χ3v) is 2.81. The number of aromatic amines is 1. The molecule has 0 bridgehead atoms. The van der Waals surface area contributed by atoms with Gasteiger partial charge in [-0.15, -0.1) is 0 Å². The molecule has 0 saturated heterocycles. The fourth-order valence-electron chi connectivity index (χ4n) is 1.83. The molecule has 7 heteroatoms. The Kier molecular flexibility index (Phi) is 4.54. The highest BCUT2D eigenvalue weighted by atomic mass is 16.6. The summed E-state index contributed by atoms with van der Waals surface area (Å²) in [4.78, 5) is 17.5. The number of ether oxygens (including phenoxy) is 1. The molecular formula is C13H16N4O3. The average Bonchev–Trinajstić information content (AvgIpc) is 2.96. The Hall–Kier alpha value is -2.57. The van der Waals surface area contributed by atoms with Gasteiger partial charge in [-0.3, -0.25) is 10.1 Å². The quantitative estimate of drug-likeness (QED) is 0.460. The van der Waals surface area contributed by atoms with E-state index in [0.29, 0.717) is 18.0 Å². The SMILES string of the molecule is COc1cc(NCCCc2ncc[nH]2)cc([N+](=O)[O-])c1. The molecule has 1 heterocycles. The first-order valence-corrected chi connectivity index (χ1v) is 6.24. The number of nitro benzene ring substituents is 1. The zero-order valence-corrected chi connectivity index (χ0v) is 11.1. The minimum Gasteiger partial charge on any atom is -0.496 e. The van der Waals surface area contributed by atoms with Gasteiger partial charge in [0.1, 0.15) is 11.6 Å². The number of hydrogen-bond acceptors (Lipinski definition) is 5. The fourth-order valence-corrected chi connectivity index (χ4v) is 1.83.